The monoisotopic (exact) mass is 473 g/mol. The first-order valence-electron chi connectivity index (χ1n) is 10.5. The SMILES string of the molecule is CCOC(=O)C1CCCN(c2ncnc(NNC(=O)Cc3ccc([N+](=O)[O-])cc3)c2[N+](=O)[O-])C1. The zero-order valence-corrected chi connectivity index (χ0v) is 18.3. The van der Waals surface area contributed by atoms with Gasteiger partial charge in [0.1, 0.15) is 6.33 Å². The molecule has 1 aromatic carbocycles. The lowest BCUT2D eigenvalue weighted by molar-refractivity contribution is -0.384. The van der Waals surface area contributed by atoms with Gasteiger partial charge in [0.05, 0.1) is 28.8 Å². The van der Waals surface area contributed by atoms with Crippen LogP contribution in [0.2, 0.25) is 0 Å². The highest BCUT2D eigenvalue weighted by molar-refractivity contribution is 5.81. The molecule has 14 nitrogen and oxygen atoms in total. The predicted molar refractivity (Wildman–Crippen MR) is 119 cm³/mol. The summed E-state index contributed by atoms with van der Waals surface area (Å²) >= 11 is 0. The second kappa shape index (κ2) is 11.0. The van der Waals surface area contributed by atoms with Crippen LogP contribution in [0.5, 0.6) is 0 Å². The molecule has 14 heteroatoms. The minimum Gasteiger partial charge on any atom is -0.466 e. The fourth-order valence-electron chi connectivity index (χ4n) is 3.58. The molecule has 1 atom stereocenters. The van der Waals surface area contributed by atoms with Crippen molar-refractivity contribution in [1.82, 2.24) is 15.4 Å². The second-order valence-electron chi connectivity index (χ2n) is 7.46. The number of non-ortho nitro benzene ring substituents is 1. The minimum absolute atomic E-state index is 0.0288. The summed E-state index contributed by atoms with van der Waals surface area (Å²) in [5.74, 6) is -1.52. The Kier molecular flexibility index (Phi) is 7.84. The van der Waals surface area contributed by atoms with Crippen molar-refractivity contribution in [2.75, 3.05) is 30.0 Å². The van der Waals surface area contributed by atoms with Crippen molar-refractivity contribution in [2.45, 2.75) is 26.2 Å². The number of rotatable bonds is 9. The molecule has 0 saturated carbocycles. The molecular weight excluding hydrogens is 450 g/mol. The zero-order chi connectivity index (χ0) is 24.7. The highest BCUT2D eigenvalue weighted by atomic mass is 16.6. The maximum Gasteiger partial charge on any atom is 0.355 e. The molecule has 0 radical (unpaired) electrons. The molecule has 2 N–H and O–H groups in total. The lowest BCUT2D eigenvalue weighted by Crippen LogP contribution is -2.40. The number of amides is 1. The molecule has 1 aliphatic rings. The van der Waals surface area contributed by atoms with Crippen LogP contribution in [0.4, 0.5) is 23.0 Å². The van der Waals surface area contributed by atoms with E-state index in [-0.39, 0.29) is 42.9 Å². The lowest BCUT2D eigenvalue weighted by Gasteiger charge is -2.32. The Morgan fingerprint density at radius 1 is 1.18 bits per heavy atom. The molecule has 180 valence electrons. The summed E-state index contributed by atoms with van der Waals surface area (Å²) in [6, 6.07) is 5.44. The Bertz CT molecular complexity index is 1080. The van der Waals surface area contributed by atoms with Gasteiger partial charge in [0.25, 0.3) is 5.69 Å². The molecule has 2 heterocycles. The number of nitrogens with one attached hydrogen (secondary N) is 2. The normalized spacial score (nSPS) is 15.3. The number of nitro benzene ring substituents is 1. The van der Waals surface area contributed by atoms with Crippen molar-refractivity contribution in [2.24, 2.45) is 5.92 Å². The van der Waals surface area contributed by atoms with E-state index < -0.39 is 27.4 Å². The van der Waals surface area contributed by atoms with Crippen LogP contribution in [-0.2, 0) is 20.7 Å². The first-order valence-corrected chi connectivity index (χ1v) is 10.5. The largest absolute Gasteiger partial charge is 0.466 e. The van der Waals surface area contributed by atoms with Gasteiger partial charge >= 0.3 is 11.7 Å². The molecule has 0 bridgehead atoms. The number of benzene rings is 1. The number of hydrazine groups is 1. The fourth-order valence-corrected chi connectivity index (χ4v) is 3.58. The number of carbonyl (C=O) groups excluding carboxylic acids is 2. The molecule has 2 aromatic rings. The van der Waals surface area contributed by atoms with E-state index in [4.69, 9.17) is 4.74 Å². The molecule has 1 amide bonds. The highest BCUT2D eigenvalue weighted by Gasteiger charge is 2.33. The molecule has 3 rings (SSSR count). The van der Waals surface area contributed by atoms with Crippen LogP contribution in [0.25, 0.3) is 0 Å². The maximum atomic E-state index is 12.3. The fraction of sp³-hybridized carbons (Fsp3) is 0.400. The summed E-state index contributed by atoms with van der Waals surface area (Å²) in [4.78, 5) is 55.3. The quantitative estimate of drug-likeness (QED) is 0.307. The molecule has 1 aromatic heterocycles. The molecule has 0 aliphatic carbocycles. The second-order valence-corrected chi connectivity index (χ2v) is 7.46. The third kappa shape index (κ3) is 5.90. The van der Waals surface area contributed by atoms with Gasteiger partial charge in [0.15, 0.2) is 0 Å². The zero-order valence-electron chi connectivity index (χ0n) is 18.3. The number of aromatic nitrogens is 2. The number of esters is 1. The van der Waals surface area contributed by atoms with Gasteiger partial charge in [-0.1, -0.05) is 12.1 Å². The van der Waals surface area contributed by atoms with Gasteiger partial charge in [-0.2, -0.15) is 0 Å². The molecule has 1 aliphatic heterocycles. The number of hydrogen-bond donors (Lipinski definition) is 2. The van der Waals surface area contributed by atoms with Gasteiger partial charge in [0, 0.05) is 25.2 Å². The number of piperidine rings is 1. The third-order valence-electron chi connectivity index (χ3n) is 5.16. The molecule has 1 unspecified atom stereocenters. The van der Waals surface area contributed by atoms with Gasteiger partial charge < -0.3 is 9.64 Å². The van der Waals surface area contributed by atoms with E-state index in [1.165, 1.54) is 24.3 Å². The molecule has 1 saturated heterocycles. The van der Waals surface area contributed by atoms with E-state index >= 15 is 0 Å². The lowest BCUT2D eigenvalue weighted by atomic mass is 9.98. The van der Waals surface area contributed by atoms with Crippen LogP contribution in [0.1, 0.15) is 25.3 Å². The van der Waals surface area contributed by atoms with Crippen molar-refractivity contribution in [3.63, 3.8) is 0 Å². The summed E-state index contributed by atoms with van der Waals surface area (Å²) in [6.45, 7) is 2.63. The molecule has 34 heavy (non-hydrogen) atoms. The average molecular weight is 473 g/mol. The van der Waals surface area contributed by atoms with Gasteiger partial charge in [0.2, 0.25) is 17.5 Å². The van der Waals surface area contributed by atoms with Crippen LogP contribution < -0.4 is 15.8 Å². The van der Waals surface area contributed by atoms with Gasteiger partial charge in [-0.05, 0) is 25.3 Å². The highest BCUT2D eigenvalue weighted by Crippen LogP contribution is 2.34. The van der Waals surface area contributed by atoms with Gasteiger partial charge in [-0.25, -0.2) is 9.97 Å². The Hall–Kier alpha value is -4.36. The Morgan fingerprint density at radius 2 is 1.91 bits per heavy atom. The average Bonchev–Trinajstić information content (AvgIpc) is 2.83. The van der Waals surface area contributed by atoms with Crippen molar-refractivity contribution in [1.29, 1.82) is 0 Å². The summed E-state index contributed by atoms with van der Waals surface area (Å²) in [5.41, 5.74) is 4.77. The topological polar surface area (TPSA) is 183 Å². The van der Waals surface area contributed by atoms with Crippen molar-refractivity contribution in [3.8, 4) is 0 Å². The van der Waals surface area contributed by atoms with Crippen LogP contribution in [0.15, 0.2) is 30.6 Å². The first kappa shape index (κ1) is 24.3. The predicted octanol–water partition coefficient (Wildman–Crippen LogP) is 1.76. The minimum atomic E-state index is -0.659. The third-order valence-corrected chi connectivity index (χ3v) is 5.16. The van der Waals surface area contributed by atoms with Crippen LogP contribution in [0, 0.1) is 26.1 Å². The Balaban J connectivity index is 1.71. The number of anilines is 2. The van der Waals surface area contributed by atoms with E-state index in [1.807, 2.05) is 0 Å². The smallest absolute Gasteiger partial charge is 0.355 e. The van der Waals surface area contributed by atoms with E-state index in [0.717, 1.165) is 6.33 Å². The van der Waals surface area contributed by atoms with Crippen molar-refractivity contribution < 1.29 is 24.2 Å². The van der Waals surface area contributed by atoms with E-state index in [0.29, 0.717) is 24.9 Å². The van der Waals surface area contributed by atoms with E-state index in [1.54, 1.807) is 11.8 Å². The maximum absolute atomic E-state index is 12.3. The molecule has 1 fully saturated rings. The summed E-state index contributed by atoms with van der Waals surface area (Å²) in [6.07, 6.45) is 2.24. The summed E-state index contributed by atoms with van der Waals surface area (Å²) in [5, 5.41) is 22.6. The molecular formula is C20H23N7O7. The Morgan fingerprint density at radius 3 is 2.56 bits per heavy atom. The van der Waals surface area contributed by atoms with Gasteiger partial charge in [-0.3, -0.25) is 40.7 Å². The Labute approximate surface area is 193 Å². The summed E-state index contributed by atoms with van der Waals surface area (Å²) in [7, 11) is 0. The van der Waals surface area contributed by atoms with Crippen molar-refractivity contribution >= 4 is 34.9 Å². The number of carbonyl (C=O) groups is 2. The summed E-state index contributed by atoms with van der Waals surface area (Å²) < 4.78 is 5.07. The van der Waals surface area contributed by atoms with E-state index in [9.17, 15) is 29.8 Å². The number of nitro groups is 2. The molecule has 0 spiro atoms. The van der Waals surface area contributed by atoms with E-state index in [2.05, 4.69) is 20.8 Å². The van der Waals surface area contributed by atoms with Crippen LogP contribution in [-0.4, -0.2) is 51.4 Å². The standard InChI is InChI=1S/C20H23N7O7/c1-2-34-20(29)14-4-3-9-25(11-14)19-17(27(32)33)18(21-12-22-19)24-23-16(28)10-13-5-7-15(8-6-13)26(30)31/h5-8,12,14H,2-4,9-11H2,1H3,(H,23,28)(H,21,22,24). The number of ether oxygens (including phenoxy) is 1. The first-order chi connectivity index (χ1) is 16.3. The van der Waals surface area contributed by atoms with Crippen LogP contribution >= 0.6 is 0 Å². The number of hydrogen-bond acceptors (Lipinski definition) is 11. The van der Waals surface area contributed by atoms with Crippen molar-refractivity contribution in [3.05, 3.63) is 56.4 Å². The van der Waals surface area contributed by atoms with Gasteiger partial charge in [-0.15, -0.1) is 0 Å². The number of nitrogens with zero attached hydrogens (tertiary/aromatic N) is 5. The van der Waals surface area contributed by atoms with Crippen LogP contribution in [0.3, 0.4) is 0 Å².